The van der Waals surface area contributed by atoms with Gasteiger partial charge in [0.25, 0.3) is 0 Å². The fourth-order valence-electron chi connectivity index (χ4n) is 6.40. The molecule has 0 aromatic heterocycles. The van der Waals surface area contributed by atoms with Gasteiger partial charge >= 0.3 is 0 Å². The van der Waals surface area contributed by atoms with Crippen molar-refractivity contribution in [3.8, 4) is 5.75 Å². The van der Waals surface area contributed by atoms with Gasteiger partial charge in [-0.25, -0.2) is 4.39 Å². The minimum atomic E-state index is -0.855. The fourth-order valence-corrected chi connectivity index (χ4v) is 6.40. The van der Waals surface area contributed by atoms with E-state index in [1.165, 1.54) is 0 Å². The molecule has 2 saturated carbocycles. The van der Waals surface area contributed by atoms with Crippen molar-refractivity contribution in [2.75, 3.05) is 0 Å². The summed E-state index contributed by atoms with van der Waals surface area (Å²) in [7, 11) is 0. The zero-order valence-electron chi connectivity index (χ0n) is 14.9. The van der Waals surface area contributed by atoms with Crippen LogP contribution in [-0.2, 0) is 6.42 Å². The summed E-state index contributed by atoms with van der Waals surface area (Å²) >= 11 is 0. The van der Waals surface area contributed by atoms with Crippen LogP contribution in [0.5, 0.6) is 5.75 Å². The number of phenols is 1. The second-order valence-electron chi connectivity index (χ2n) is 9.17. The zero-order valence-corrected chi connectivity index (χ0v) is 14.9. The van der Waals surface area contributed by atoms with Gasteiger partial charge in [0.05, 0.1) is 6.10 Å². The number of aliphatic hydroxyl groups is 1. The molecule has 1 aromatic carbocycles. The van der Waals surface area contributed by atoms with E-state index in [9.17, 15) is 10.2 Å². The van der Waals surface area contributed by atoms with Crippen LogP contribution in [0.2, 0.25) is 0 Å². The van der Waals surface area contributed by atoms with Crippen molar-refractivity contribution in [1.82, 2.24) is 0 Å². The lowest BCUT2D eigenvalue weighted by molar-refractivity contribution is -0.0341. The van der Waals surface area contributed by atoms with E-state index in [0.29, 0.717) is 30.1 Å². The van der Waals surface area contributed by atoms with Crippen LogP contribution in [0.15, 0.2) is 18.2 Å². The molecule has 0 spiro atoms. The van der Waals surface area contributed by atoms with E-state index in [-0.39, 0.29) is 23.2 Å². The van der Waals surface area contributed by atoms with Crippen molar-refractivity contribution < 1.29 is 14.6 Å². The minimum Gasteiger partial charge on any atom is -0.508 e. The van der Waals surface area contributed by atoms with Gasteiger partial charge in [-0.3, -0.25) is 0 Å². The van der Waals surface area contributed by atoms with Gasteiger partial charge in [0.2, 0.25) is 0 Å². The molecule has 24 heavy (non-hydrogen) atoms. The van der Waals surface area contributed by atoms with Crippen molar-refractivity contribution >= 4 is 0 Å². The quantitative estimate of drug-likeness (QED) is 0.798. The molecular weight excluding hydrogens is 303 g/mol. The van der Waals surface area contributed by atoms with Crippen LogP contribution in [0.3, 0.4) is 0 Å². The third-order valence-corrected chi connectivity index (χ3v) is 7.35. The van der Waals surface area contributed by atoms with E-state index in [1.807, 2.05) is 12.1 Å². The molecule has 0 heterocycles. The SMILES string of the molecule is CC(C)[C@@H]1Cc2cc(O)ccc2[C@H]2C(F)C[C@]3(C)C[C@H](O)C[C@H]3[C@H]12. The Morgan fingerprint density at radius 3 is 2.71 bits per heavy atom. The number of aromatic hydroxyl groups is 1. The van der Waals surface area contributed by atoms with Crippen molar-refractivity contribution in [2.24, 2.45) is 29.1 Å². The Morgan fingerprint density at radius 1 is 1.25 bits per heavy atom. The van der Waals surface area contributed by atoms with Gasteiger partial charge in [-0.1, -0.05) is 26.8 Å². The molecule has 2 nitrogen and oxygen atoms in total. The molecule has 2 N–H and O–H groups in total. The summed E-state index contributed by atoms with van der Waals surface area (Å²) in [6, 6.07) is 5.49. The summed E-state index contributed by atoms with van der Waals surface area (Å²) in [5.74, 6) is 1.79. The predicted molar refractivity (Wildman–Crippen MR) is 92.7 cm³/mol. The van der Waals surface area contributed by atoms with Crippen LogP contribution in [0.4, 0.5) is 4.39 Å². The summed E-state index contributed by atoms with van der Waals surface area (Å²) in [6.07, 6.45) is 1.90. The number of hydrogen-bond donors (Lipinski definition) is 2. The van der Waals surface area contributed by atoms with Crippen LogP contribution in [0, 0.1) is 29.1 Å². The molecule has 4 rings (SSSR count). The molecule has 1 unspecified atom stereocenters. The van der Waals surface area contributed by atoms with E-state index < -0.39 is 6.17 Å². The molecule has 0 bridgehead atoms. The van der Waals surface area contributed by atoms with Crippen molar-refractivity contribution in [3.05, 3.63) is 29.3 Å². The minimum absolute atomic E-state index is 0.0679. The predicted octanol–water partition coefficient (Wildman–Crippen LogP) is 4.44. The zero-order chi connectivity index (χ0) is 17.2. The Balaban J connectivity index is 1.83. The first kappa shape index (κ1) is 16.4. The molecule has 3 aliphatic carbocycles. The van der Waals surface area contributed by atoms with E-state index in [2.05, 4.69) is 20.8 Å². The molecular formula is C21H29FO2. The van der Waals surface area contributed by atoms with Gasteiger partial charge in [-0.2, -0.15) is 0 Å². The highest BCUT2D eigenvalue weighted by molar-refractivity contribution is 5.41. The number of hydrogen-bond acceptors (Lipinski definition) is 2. The van der Waals surface area contributed by atoms with Crippen LogP contribution < -0.4 is 0 Å². The molecule has 7 atom stereocenters. The molecule has 0 radical (unpaired) electrons. The number of alkyl halides is 1. The first-order chi connectivity index (χ1) is 11.3. The Morgan fingerprint density at radius 2 is 2.00 bits per heavy atom. The number of halogens is 1. The molecule has 1 aromatic rings. The first-order valence-corrected chi connectivity index (χ1v) is 9.44. The average molecular weight is 332 g/mol. The fraction of sp³-hybridized carbons (Fsp3) is 0.714. The lowest BCUT2D eigenvalue weighted by Gasteiger charge is -2.54. The van der Waals surface area contributed by atoms with Gasteiger partial charge in [-0.05, 0) is 78.0 Å². The number of benzene rings is 1. The Bertz CT molecular complexity index is 643. The largest absolute Gasteiger partial charge is 0.508 e. The van der Waals surface area contributed by atoms with E-state index in [0.717, 1.165) is 30.4 Å². The average Bonchev–Trinajstić information content (AvgIpc) is 2.79. The van der Waals surface area contributed by atoms with Crippen LogP contribution in [-0.4, -0.2) is 22.5 Å². The molecule has 132 valence electrons. The molecule has 3 aliphatic rings. The highest BCUT2D eigenvalue weighted by Crippen LogP contribution is 2.63. The van der Waals surface area contributed by atoms with E-state index >= 15 is 4.39 Å². The number of aliphatic hydroxyl groups excluding tert-OH is 1. The van der Waals surface area contributed by atoms with Crippen molar-refractivity contribution in [1.29, 1.82) is 0 Å². The Labute approximate surface area is 144 Å². The second kappa shape index (κ2) is 5.45. The monoisotopic (exact) mass is 332 g/mol. The summed E-state index contributed by atoms with van der Waals surface area (Å²) in [5.41, 5.74) is 2.16. The van der Waals surface area contributed by atoms with Gasteiger partial charge in [0, 0.05) is 5.92 Å². The van der Waals surface area contributed by atoms with Crippen molar-refractivity contribution in [3.63, 3.8) is 0 Å². The summed E-state index contributed by atoms with van der Waals surface area (Å²) < 4.78 is 15.4. The topological polar surface area (TPSA) is 40.5 Å². The van der Waals surface area contributed by atoms with Gasteiger partial charge in [0.15, 0.2) is 0 Å². The number of rotatable bonds is 1. The molecule has 0 amide bonds. The van der Waals surface area contributed by atoms with Crippen LogP contribution >= 0.6 is 0 Å². The highest BCUT2D eigenvalue weighted by Gasteiger charge is 2.59. The van der Waals surface area contributed by atoms with Gasteiger partial charge in [0.1, 0.15) is 11.9 Å². The Kier molecular flexibility index (Phi) is 3.72. The van der Waals surface area contributed by atoms with E-state index in [1.54, 1.807) is 6.07 Å². The summed E-state index contributed by atoms with van der Waals surface area (Å²) in [4.78, 5) is 0. The molecule has 2 fully saturated rings. The molecule has 0 aliphatic heterocycles. The molecule has 0 saturated heterocycles. The standard InChI is InChI=1S/C21H29FO2/c1-11(2)16-7-12-6-13(23)4-5-15(12)20-18(22)10-21(3)9-14(24)8-17(21)19(16)20/h4-6,11,14,16-20,23-24H,7-10H2,1-3H3/t14-,16+,17+,18?,19+,20+,21+/m1/s1. The van der Waals surface area contributed by atoms with Crippen molar-refractivity contribution in [2.45, 2.75) is 64.6 Å². The third kappa shape index (κ3) is 2.31. The lowest BCUT2D eigenvalue weighted by atomic mass is 9.51. The summed E-state index contributed by atoms with van der Waals surface area (Å²) in [5, 5.41) is 20.2. The first-order valence-electron chi connectivity index (χ1n) is 9.44. The maximum atomic E-state index is 15.4. The second-order valence-corrected chi connectivity index (χ2v) is 9.17. The smallest absolute Gasteiger partial charge is 0.115 e. The third-order valence-electron chi connectivity index (χ3n) is 7.35. The molecule has 3 heteroatoms. The number of fused-ring (bicyclic) bond motifs is 5. The maximum absolute atomic E-state index is 15.4. The van der Waals surface area contributed by atoms with E-state index in [4.69, 9.17) is 0 Å². The maximum Gasteiger partial charge on any atom is 0.115 e. The highest BCUT2D eigenvalue weighted by atomic mass is 19.1. The van der Waals surface area contributed by atoms with Crippen LogP contribution in [0.1, 0.15) is 57.1 Å². The summed E-state index contributed by atoms with van der Waals surface area (Å²) in [6.45, 7) is 6.67. The normalized spacial score (nSPS) is 44.1. The van der Waals surface area contributed by atoms with Gasteiger partial charge < -0.3 is 10.2 Å². The van der Waals surface area contributed by atoms with Gasteiger partial charge in [-0.15, -0.1) is 0 Å². The number of phenolic OH excluding ortho intramolecular Hbond substituents is 1. The Hall–Kier alpha value is -1.09. The van der Waals surface area contributed by atoms with Crippen LogP contribution in [0.25, 0.3) is 0 Å². The lowest BCUT2D eigenvalue weighted by Crippen LogP contribution is -2.50.